The SMILES string of the molecule is Cc1cccc(NC(=O)c2cnn(-c3ccc(F)cc3)c2C(C)C)n1. The second kappa shape index (κ2) is 6.84. The molecule has 3 rings (SSSR count). The van der Waals surface area contributed by atoms with Gasteiger partial charge >= 0.3 is 0 Å². The number of carbonyl (C=O) groups is 1. The Labute approximate surface area is 145 Å². The van der Waals surface area contributed by atoms with Crippen LogP contribution in [0.5, 0.6) is 0 Å². The summed E-state index contributed by atoms with van der Waals surface area (Å²) in [6.07, 6.45) is 1.53. The Bertz CT molecular complexity index is 900. The summed E-state index contributed by atoms with van der Waals surface area (Å²) >= 11 is 0. The molecule has 0 fully saturated rings. The first kappa shape index (κ1) is 16.8. The largest absolute Gasteiger partial charge is 0.306 e. The van der Waals surface area contributed by atoms with Crippen LogP contribution >= 0.6 is 0 Å². The zero-order chi connectivity index (χ0) is 18.0. The van der Waals surface area contributed by atoms with E-state index in [9.17, 15) is 9.18 Å². The van der Waals surface area contributed by atoms with E-state index in [1.165, 1.54) is 18.3 Å². The molecule has 25 heavy (non-hydrogen) atoms. The number of hydrogen-bond acceptors (Lipinski definition) is 3. The van der Waals surface area contributed by atoms with E-state index in [1.54, 1.807) is 22.9 Å². The van der Waals surface area contributed by atoms with Crippen molar-refractivity contribution in [3.05, 3.63) is 71.4 Å². The van der Waals surface area contributed by atoms with Crippen LogP contribution in [0.25, 0.3) is 5.69 Å². The second-order valence-electron chi connectivity index (χ2n) is 6.10. The molecule has 0 radical (unpaired) electrons. The van der Waals surface area contributed by atoms with Crippen molar-refractivity contribution in [3.63, 3.8) is 0 Å². The van der Waals surface area contributed by atoms with Gasteiger partial charge in [-0.05, 0) is 49.2 Å². The first-order chi connectivity index (χ1) is 12.0. The number of nitrogens with one attached hydrogen (secondary N) is 1. The van der Waals surface area contributed by atoms with Gasteiger partial charge in [-0.25, -0.2) is 14.1 Å². The van der Waals surface area contributed by atoms with E-state index < -0.39 is 0 Å². The Hall–Kier alpha value is -3.02. The Morgan fingerprint density at radius 2 is 1.88 bits per heavy atom. The lowest BCUT2D eigenvalue weighted by Crippen LogP contribution is -2.16. The van der Waals surface area contributed by atoms with Crippen LogP contribution in [0.15, 0.2) is 48.7 Å². The van der Waals surface area contributed by atoms with Crippen molar-refractivity contribution in [3.8, 4) is 5.69 Å². The van der Waals surface area contributed by atoms with Crippen molar-refractivity contribution in [2.45, 2.75) is 26.7 Å². The lowest BCUT2D eigenvalue weighted by molar-refractivity contribution is 0.102. The van der Waals surface area contributed by atoms with Gasteiger partial charge in [0, 0.05) is 5.69 Å². The number of aromatic nitrogens is 3. The smallest absolute Gasteiger partial charge is 0.260 e. The first-order valence-electron chi connectivity index (χ1n) is 8.04. The Morgan fingerprint density at radius 1 is 1.16 bits per heavy atom. The molecule has 5 nitrogen and oxygen atoms in total. The molecule has 0 saturated heterocycles. The molecule has 0 aliphatic carbocycles. The molecule has 0 saturated carbocycles. The normalized spacial score (nSPS) is 10.9. The molecule has 1 amide bonds. The zero-order valence-electron chi connectivity index (χ0n) is 14.3. The van der Waals surface area contributed by atoms with Crippen molar-refractivity contribution in [2.24, 2.45) is 0 Å². The molecule has 128 valence electrons. The van der Waals surface area contributed by atoms with Crippen LogP contribution in [-0.4, -0.2) is 20.7 Å². The Kier molecular flexibility index (Phi) is 4.61. The highest BCUT2D eigenvalue weighted by Gasteiger charge is 2.21. The summed E-state index contributed by atoms with van der Waals surface area (Å²) in [6, 6.07) is 11.5. The molecular formula is C19H19FN4O. The van der Waals surface area contributed by atoms with Crippen molar-refractivity contribution in [1.82, 2.24) is 14.8 Å². The van der Waals surface area contributed by atoms with E-state index in [2.05, 4.69) is 15.4 Å². The van der Waals surface area contributed by atoms with Crippen LogP contribution in [0.4, 0.5) is 10.2 Å². The van der Waals surface area contributed by atoms with Gasteiger partial charge in [-0.15, -0.1) is 0 Å². The lowest BCUT2D eigenvalue weighted by Gasteiger charge is -2.13. The number of aryl methyl sites for hydroxylation is 1. The predicted octanol–water partition coefficient (Wildman–Crippen LogP) is 4.09. The molecule has 6 heteroatoms. The van der Waals surface area contributed by atoms with Gasteiger partial charge in [-0.1, -0.05) is 19.9 Å². The zero-order valence-corrected chi connectivity index (χ0v) is 14.3. The van der Waals surface area contributed by atoms with Crippen molar-refractivity contribution in [1.29, 1.82) is 0 Å². The van der Waals surface area contributed by atoms with Crippen LogP contribution in [0, 0.1) is 12.7 Å². The summed E-state index contributed by atoms with van der Waals surface area (Å²) in [6.45, 7) is 5.83. The van der Waals surface area contributed by atoms with Gasteiger partial charge in [0.05, 0.1) is 23.1 Å². The van der Waals surface area contributed by atoms with E-state index in [-0.39, 0.29) is 17.6 Å². The van der Waals surface area contributed by atoms with Crippen LogP contribution in [-0.2, 0) is 0 Å². The topological polar surface area (TPSA) is 59.8 Å². The number of amides is 1. The van der Waals surface area contributed by atoms with Gasteiger partial charge in [0.25, 0.3) is 5.91 Å². The molecule has 0 aliphatic heterocycles. The van der Waals surface area contributed by atoms with E-state index in [0.29, 0.717) is 17.1 Å². The number of rotatable bonds is 4. The third kappa shape index (κ3) is 3.57. The average Bonchev–Trinajstić information content (AvgIpc) is 3.01. The number of benzene rings is 1. The van der Waals surface area contributed by atoms with E-state index in [4.69, 9.17) is 0 Å². The molecule has 1 aromatic carbocycles. The average molecular weight is 338 g/mol. The summed E-state index contributed by atoms with van der Waals surface area (Å²) in [4.78, 5) is 17.0. The van der Waals surface area contributed by atoms with Crippen molar-refractivity contribution < 1.29 is 9.18 Å². The highest BCUT2D eigenvalue weighted by atomic mass is 19.1. The van der Waals surface area contributed by atoms with Gasteiger partial charge in [0.2, 0.25) is 0 Å². The van der Waals surface area contributed by atoms with E-state index in [1.807, 2.05) is 32.9 Å². The van der Waals surface area contributed by atoms with Gasteiger partial charge < -0.3 is 5.32 Å². The molecule has 0 aliphatic rings. The fourth-order valence-electron chi connectivity index (χ4n) is 2.67. The molecule has 0 bridgehead atoms. The fourth-order valence-corrected chi connectivity index (χ4v) is 2.67. The molecule has 2 heterocycles. The third-order valence-electron chi connectivity index (χ3n) is 3.80. The van der Waals surface area contributed by atoms with Crippen LogP contribution in [0.1, 0.15) is 41.5 Å². The summed E-state index contributed by atoms with van der Waals surface area (Å²) in [5.41, 5.74) is 2.76. The minimum atomic E-state index is -0.314. The first-order valence-corrected chi connectivity index (χ1v) is 8.04. The van der Waals surface area contributed by atoms with Gasteiger partial charge in [-0.2, -0.15) is 5.10 Å². The summed E-state index contributed by atoms with van der Waals surface area (Å²) < 4.78 is 14.8. The van der Waals surface area contributed by atoms with E-state index >= 15 is 0 Å². The monoisotopic (exact) mass is 338 g/mol. The minimum absolute atomic E-state index is 0.0544. The number of nitrogens with zero attached hydrogens (tertiary/aromatic N) is 3. The van der Waals surface area contributed by atoms with E-state index in [0.717, 1.165) is 11.4 Å². The molecule has 2 aromatic heterocycles. The van der Waals surface area contributed by atoms with Gasteiger partial charge in [-0.3, -0.25) is 4.79 Å². The fraction of sp³-hybridized carbons (Fsp3) is 0.211. The van der Waals surface area contributed by atoms with Crippen LogP contribution in [0.3, 0.4) is 0 Å². The highest BCUT2D eigenvalue weighted by molar-refractivity contribution is 6.04. The maximum atomic E-state index is 13.2. The molecule has 0 spiro atoms. The van der Waals surface area contributed by atoms with Crippen LogP contribution in [0.2, 0.25) is 0 Å². The quantitative estimate of drug-likeness (QED) is 0.779. The van der Waals surface area contributed by atoms with Crippen LogP contribution < -0.4 is 5.32 Å². The Balaban J connectivity index is 1.96. The van der Waals surface area contributed by atoms with Gasteiger partial charge in [0.15, 0.2) is 0 Å². The number of anilines is 1. The molecule has 0 atom stereocenters. The summed E-state index contributed by atoms with van der Waals surface area (Å²) in [5, 5.41) is 7.14. The summed E-state index contributed by atoms with van der Waals surface area (Å²) in [5.74, 6) is -0.0336. The highest BCUT2D eigenvalue weighted by Crippen LogP contribution is 2.24. The number of carbonyl (C=O) groups excluding carboxylic acids is 1. The van der Waals surface area contributed by atoms with Gasteiger partial charge in [0.1, 0.15) is 11.6 Å². The molecule has 0 unspecified atom stereocenters. The standard InChI is InChI=1S/C19H19FN4O/c1-12(2)18-16(19(25)23-17-6-4-5-13(3)22-17)11-21-24(18)15-9-7-14(20)8-10-15/h4-12H,1-3H3,(H,22,23,25). The maximum absolute atomic E-state index is 13.2. The second-order valence-corrected chi connectivity index (χ2v) is 6.10. The molecule has 1 N–H and O–H groups in total. The van der Waals surface area contributed by atoms with Crippen molar-refractivity contribution >= 4 is 11.7 Å². The lowest BCUT2D eigenvalue weighted by atomic mass is 10.0. The Morgan fingerprint density at radius 3 is 2.52 bits per heavy atom. The number of halogens is 1. The predicted molar refractivity (Wildman–Crippen MR) is 94.5 cm³/mol. The van der Waals surface area contributed by atoms with Crippen molar-refractivity contribution in [2.75, 3.05) is 5.32 Å². The number of pyridine rings is 1. The molecule has 3 aromatic rings. The minimum Gasteiger partial charge on any atom is -0.306 e. The molecular weight excluding hydrogens is 319 g/mol. The summed E-state index contributed by atoms with van der Waals surface area (Å²) in [7, 11) is 0. The number of hydrogen-bond donors (Lipinski definition) is 1. The maximum Gasteiger partial charge on any atom is 0.260 e. The third-order valence-corrected chi connectivity index (χ3v) is 3.80.